The second-order valence-electron chi connectivity index (χ2n) is 7.68. The van der Waals surface area contributed by atoms with E-state index >= 15 is 4.39 Å². The Morgan fingerprint density at radius 2 is 2.07 bits per heavy atom. The maximum absolute atomic E-state index is 15.0. The number of rotatable bonds is 6. The Balaban J connectivity index is 0.00000256. The van der Waals surface area contributed by atoms with Crippen LogP contribution in [0, 0.1) is 21.8 Å². The highest BCUT2D eigenvalue weighted by Gasteiger charge is 2.32. The van der Waals surface area contributed by atoms with Crippen LogP contribution in [0.4, 0.5) is 10.1 Å². The van der Waals surface area contributed by atoms with Crippen LogP contribution in [0.15, 0.2) is 17.1 Å². The van der Waals surface area contributed by atoms with Crippen molar-refractivity contribution >= 4 is 46.4 Å². The van der Waals surface area contributed by atoms with Crippen molar-refractivity contribution < 1.29 is 14.1 Å². The van der Waals surface area contributed by atoms with Crippen molar-refractivity contribution in [3.05, 3.63) is 49.0 Å². The van der Waals surface area contributed by atoms with Gasteiger partial charge in [0.1, 0.15) is 5.82 Å². The van der Waals surface area contributed by atoms with E-state index in [2.05, 4.69) is 0 Å². The van der Waals surface area contributed by atoms with Gasteiger partial charge in [-0.15, -0.1) is 12.4 Å². The van der Waals surface area contributed by atoms with E-state index in [0.29, 0.717) is 25.2 Å². The van der Waals surface area contributed by atoms with Gasteiger partial charge in [-0.05, 0) is 37.8 Å². The predicted molar refractivity (Wildman–Crippen MR) is 114 cm³/mol. The van der Waals surface area contributed by atoms with Gasteiger partial charge in [0.15, 0.2) is 0 Å². The summed E-state index contributed by atoms with van der Waals surface area (Å²) < 4.78 is 16.7. The summed E-state index contributed by atoms with van der Waals surface area (Å²) in [6.07, 6.45) is 3.81. The lowest BCUT2D eigenvalue weighted by atomic mass is 10.1. The topological polar surface area (TPSA) is 111 Å². The number of carbonyl (C=O) groups excluding carboxylic acids is 1. The standard InChI is InChI=1S/C19H20ClFN4O4.ClH/c20-16-17-12(5-14(21)18(16)23-4-3-10(6-22)7-23)19(27)13(15(26)9-25(28)29)8-24(17)11-1-2-11;/h5,8,10-11H,1-4,6-7,9,22H2;1H/t10-;/m1./s1. The molecule has 11 heteroatoms. The summed E-state index contributed by atoms with van der Waals surface area (Å²) in [6, 6.07) is 1.11. The molecule has 1 saturated carbocycles. The first-order chi connectivity index (χ1) is 13.8. The molecule has 0 spiro atoms. The van der Waals surface area contributed by atoms with Gasteiger partial charge in [-0.3, -0.25) is 19.7 Å². The van der Waals surface area contributed by atoms with E-state index in [1.807, 2.05) is 4.90 Å². The first kappa shape index (κ1) is 22.5. The Bertz CT molecular complexity index is 1090. The van der Waals surface area contributed by atoms with E-state index in [4.69, 9.17) is 17.3 Å². The van der Waals surface area contributed by atoms with Gasteiger partial charge in [0.25, 0.3) is 6.54 Å². The molecule has 1 aliphatic heterocycles. The monoisotopic (exact) mass is 458 g/mol. The maximum atomic E-state index is 15.0. The first-order valence-corrected chi connectivity index (χ1v) is 9.86. The summed E-state index contributed by atoms with van der Waals surface area (Å²) in [7, 11) is 0. The molecule has 0 amide bonds. The number of carbonyl (C=O) groups is 1. The number of benzene rings is 1. The lowest BCUT2D eigenvalue weighted by molar-refractivity contribution is -0.465. The van der Waals surface area contributed by atoms with E-state index in [1.165, 1.54) is 6.20 Å². The zero-order valence-corrected chi connectivity index (χ0v) is 17.5. The smallest absolute Gasteiger partial charge is 0.266 e. The summed E-state index contributed by atoms with van der Waals surface area (Å²) in [6.45, 7) is 0.689. The molecule has 1 aliphatic carbocycles. The number of aromatic nitrogens is 1. The van der Waals surface area contributed by atoms with Crippen molar-refractivity contribution in [3.8, 4) is 0 Å². The lowest BCUT2D eigenvalue weighted by Crippen LogP contribution is -2.26. The summed E-state index contributed by atoms with van der Waals surface area (Å²) in [5, 5.41) is 10.8. The largest absolute Gasteiger partial charge is 0.368 e. The fourth-order valence-corrected chi connectivity index (χ4v) is 4.40. The predicted octanol–water partition coefficient (Wildman–Crippen LogP) is 2.80. The van der Waals surface area contributed by atoms with Gasteiger partial charge in [-0.2, -0.15) is 0 Å². The normalized spacial score (nSPS) is 18.5. The van der Waals surface area contributed by atoms with Crippen LogP contribution in [0.3, 0.4) is 0 Å². The number of nitrogens with zero attached hydrogens (tertiary/aromatic N) is 3. The number of hydrogen-bond donors (Lipinski definition) is 1. The van der Waals surface area contributed by atoms with Gasteiger partial charge in [-0.1, -0.05) is 11.6 Å². The van der Waals surface area contributed by atoms with Gasteiger partial charge < -0.3 is 15.2 Å². The summed E-state index contributed by atoms with van der Waals surface area (Å²) >= 11 is 6.62. The number of hydrogen-bond acceptors (Lipinski definition) is 6. The lowest BCUT2D eigenvalue weighted by Gasteiger charge is -2.23. The van der Waals surface area contributed by atoms with E-state index in [1.54, 1.807) is 4.57 Å². The quantitative estimate of drug-likeness (QED) is 0.404. The molecular weight excluding hydrogens is 438 g/mol. The van der Waals surface area contributed by atoms with Crippen LogP contribution in [0.25, 0.3) is 10.9 Å². The highest BCUT2D eigenvalue weighted by molar-refractivity contribution is 6.38. The Morgan fingerprint density at radius 3 is 2.63 bits per heavy atom. The van der Waals surface area contributed by atoms with E-state index in [0.717, 1.165) is 25.3 Å². The van der Waals surface area contributed by atoms with Crippen molar-refractivity contribution in [3.63, 3.8) is 0 Å². The second-order valence-corrected chi connectivity index (χ2v) is 8.06. The molecule has 8 nitrogen and oxygen atoms in total. The van der Waals surface area contributed by atoms with Crippen LogP contribution in [0.5, 0.6) is 0 Å². The molecular formula is C19H21Cl2FN4O4. The molecule has 1 aromatic carbocycles. The molecule has 2 aliphatic rings. The molecule has 2 aromatic rings. The first-order valence-electron chi connectivity index (χ1n) is 9.48. The molecule has 0 radical (unpaired) electrons. The van der Waals surface area contributed by atoms with Crippen LogP contribution < -0.4 is 16.1 Å². The fourth-order valence-electron chi connectivity index (χ4n) is 3.99. The van der Waals surface area contributed by atoms with Crippen molar-refractivity contribution in [2.45, 2.75) is 25.3 Å². The molecule has 0 bridgehead atoms. The average Bonchev–Trinajstić information content (AvgIpc) is 3.40. The van der Waals surface area contributed by atoms with Crippen molar-refractivity contribution in [2.75, 3.05) is 31.1 Å². The molecule has 2 N–H and O–H groups in total. The zero-order valence-electron chi connectivity index (χ0n) is 16.0. The van der Waals surface area contributed by atoms with Gasteiger partial charge in [-0.25, -0.2) is 4.39 Å². The van der Waals surface area contributed by atoms with Crippen molar-refractivity contribution in [1.82, 2.24) is 4.57 Å². The number of anilines is 1. The van der Waals surface area contributed by atoms with Crippen LogP contribution in [0.2, 0.25) is 5.02 Å². The third-order valence-corrected chi connectivity index (χ3v) is 5.99. The van der Waals surface area contributed by atoms with Gasteiger partial charge >= 0.3 is 0 Å². The third-order valence-electron chi connectivity index (χ3n) is 5.63. The molecule has 1 aromatic heterocycles. The Labute approximate surface area is 182 Å². The fraction of sp³-hybridized carbons (Fsp3) is 0.474. The van der Waals surface area contributed by atoms with Gasteiger partial charge in [0.05, 0.1) is 27.2 Å². The number of nitrogens with two attached hydrogens (primary N) is 1. The number of fused-ring (bicyclic) bond motifs is 1. The summed E-state index contributed by atoms with van der Waals surface area (Å²) in [5.41, 5.74) is 5.28. The summed E-state index contributed by atoms with van der Waals surface area (Å²) in [5.74, 6) is -1.31. The zero-order chi connectivity index (χ0) is 20.9. The summed E-state index contributed by atoms with van der Waals surface area (Å²) in [4.78, 5) is 36.9. The maximum Gasteiger partial charge on any atom is 0.266 e. The van der Waals surface area contributed by atoms with Crippen molar-refractivity contribution in [2.24, 2.45) is 11.7 Å². The molecule has 162 valence electrons. The second kappa shape index (κ2) is 8.49. The molecule has 4 rings (SSSR count). The minimum absolute atomic E-state index is 0. The molecule has 30 heavy (non-hydrogen) atoms. The Hall–Kier alpha value is -2.23. The number of pyridine rings is 1. The van der Waals surface area contributed by atoms with Crippen LogP contribution >= 0.6 is 24.0 Å². The minimum Gasteiger partial charge on any atom is -0.368 e. The number of nitro groups is 1. The third kappa shape index (κ3) is 3.89. The van der Waals surface area contributed by atoms with Crippen LogP contribution in [0.1, 0.15) is 35.7 Å². The Morgan fingerprint density at radius 1 is 1.37 bits per heavy atom. The van der Waals surface area contributed by atoms with Crippen LogP contribution in [-0.4, -0.2) is 41.5 Å². The van der Waals surface area contributed by atoms with E-state index in [-0.39, 0.29) is 46.0 Å². The molecule has 1 atom stereocenters. The van der Waals surface area contributed by atoms with Crippen LogP contribution in [-0.2, 0) is 0 Å². The molecule has 1 saturated heterocycles. The molecule has 2 fully saturated rings. The Kier molecular flexibility index (Phi) is 6.35. The highest BCUT2D eigenvalue weighted by Crippen LogP contribution is 2.42. The van der Waals surface area contributed by atoms with Gasteiger partial charge in [0.2, 0.25) is 11.2 Å². The SMILES string of the molecule is Cl.NC[C@H]1CCN(c2c(F)cc3c(=O)c(C(=O)C[N+](=O)[O-])cn(C4CC4)c3c2Cl)C1. The van der Waals surface area contributed by atoms with E-state index in [9.17, 15) is 19.7 Å². The van der Waals surface area contributed by atoms with E-state index < -0.39 is 28.5 Å². The van der Waals surface area contributed by atoms with Crippen molar-refractivity contribution in [1.29, 1.82) is 0 Å². The minimum atomic E-state index is -0.992. The highest BCUT2D eigenvalue weighted by atomic mass is 35.5. The number of halogens is 3. The number of ketones is 1. The van der Waals surface area contributed by atoms with Gasteiger partial charge in [0, 0.05) is 30.3 Å². The number of Topliss-reactive ketones (excluding diaryl/α,β-unsaturated/α-hetero) is 1. The molecule has 0 unspecified atom stereocenters. The average molecular weight is 459 g/mol. The molecule has 2 heterocycles.